The van der Waals surface area contributed by atoms with Crippen molar-refractivity contribution in [3.8, 4) is 11.3 Å². The van der Waals surface area contributed by atoms with Crippen molar-refractivity contribution in [3.63, 3.8) is 0 Å². The lowest BCUT2D eigenvalue weighted by molar-refractivity contribution is -0.126. The molecule has 0 aliphatic rings. The number of carboxylic acid groups (broad SMARTS) is 1. The predicted octanol–water partition coefficient (Wildman–Crippen LogP) is 5.76. The quantitative estimate of drug-likeness (QED) is 0.170. The summed E-state index contributed by atoms with van der Waals surface area (Å²) in [6, 6.07) is 20.5. The molecule has 3 aromatic rings. The Kier molecular flexibility index (Phi) is 12.3. The van der Waals surface area contributed by atoms with Crippen LogP contribution in [0.2, 0.25) is 0 Å². The largest absolute Gasteiger partial charge is 0.465 e. The average Bonchev–Trinajstić information content (AvgIpc) is 2.99. The maximum Gasteiger partial charge on any atom is 0.407 e. The third kappa shape index (κ3) is 10.3. The lowest BCUT2D eigenvalue weighted by Gasteiger charge is -2.41. The number of ether oxygens (including phenoxy) is 1. The fourth-order valence-electron chi connectivity index (χ4n) is 5.86. The van der Waals surface area contributed by atoms with Crippen molar-refractivity contribution in [3.05, 3.63) is 90.1 Å². The van der Waals surface area contributed by atoms with E-state index in [4.69, 9.17) is 4.74 Å². The molecule has 1 aromatic heterocycles. The van der Waals surface area contributed by atoms with Gasteiger partial charge in [0.2, 0.25) is 5.91 Å². The molecule has 0 spiro atoms. The fourth-order valence-corrected chi connectivity index (χ4v) is 5.86. The molecule has 3 amide bonds. The first-order valence-electron chi connectivity index (χ1n) is 15.5. The third-order valence-electron chi connectivity index (χ3n) is 8.04. The van der Waals surface area contributed by atoms with Crippen LogP contribution < -0.4 is 16.0 Å². The summed E-state index contributed by atoms with van der Waals surface area (Å²) in [5, 5.41) is 29.6. The standard InChI is InChI=1S/C36H48N4O6/c1-35(2,3)30(25-18-16-24(17-19-25)26-15-11-12-20-37-26)28(38-32(42)31(36(4,5)6)40-34(45)46-7)22-29(41)27(39-33(43)44)21-23-13-9-8-10-14-23/h8-20,27-31,39,41H,21-22H2,1-7H3,(H,38,42)(H,40,45)(H,43,44)/t27-,28-,29+,30?,31+/m0/s1. The second kappa shape index (κ2) is 15.7. The van der Waals surface area contributed by atoms with Crippen LogP contribution in [0.5, 0.6) is 0 Å². The van der Waals surface area contributed by atoms with Crippen LogP contribution in [-0.2, 0) is 16.0 Å². The smallest absolute Gasteiger partial charge is 0.407 e. The summed E-state index contributed by atoms with van der Waals surface area (Å²) < 4.78 is 4.80. The van der Waals surface area contributed by atoms with Crippen LogP contribution in [0, 0.1) is 10.8 Å². The molecule has 5 N–H and O–H groups in total. The lowest BCUT2D eigenvalue weighted by Crippen LogP contribution is -2.58. The highest BCUT2D eigenvalue weighted by atomic mass is 16.5. The Morgan fingerprint density at radius 2 is 1.43 bits per heavy atom. The lowest BCUT2D eigenvalue weighted by atomic mass is 9.70. The highest BCUT2D eigenvalue weighted by Gasteiger charge is 2.40. The Hall–Kier alpha value is -4.44. The highest BCUT2D eigenvalue weighted by molar-refractivity contribution is 5.86. The molecule has 0 saturated carbocycles. The van der Waals surface area contributed by atoms with Gasteiger partial charge in [0.1, 0.15) is 6.04 Å². The number of pyridine rings is 1. The van der Waals surface area contributed by atoms with E-state index >= 15 is 0 Å². The summed E-state index contributed by atoms with van der Waals surface area (Å²) >= 11 is 0. The maximum atomic E-state index is 14.0. The van der Waals surface area contributed by atoms with E-state index in [9.17, 15) is 24.6 Å². The second-order valence-electron chi connectivity index (χ2n) is 13.8. The zero-order valence-electron chi connectivity index (χ0n) is 27.8. The van der Waals surface area contributed by atoms with Crippen molar-refractivity contribution in [1.82, 2.24) is 20.9 Å². The van der Waals surface area contributed by atoms with Crippen molar-refractivity contribution < 1.29 is 29.3 Å². The summed E-state index contributed by atoms with van der Waals surface area (Å²) in [6.45, 7) is 11.7. The van der Waals surface area contributed by atoms with Gasteiger partial charge in [0.05, 0.1) is 24.9 Å². The van der Waals surface area contributed by atoms with Crippen LogP contribution in [0.4, 0.5) is 9.59 Å². The zero-order chi connectivity index (χ0) is 34.1. The number of benzene rings is 2. The molecule has 0 radical (unpaired) electrons. The number of nitrogens with one attached hydrogen (secondary N) is 3. The van der Waals surface area contributed by atoms with Gasteiger partial charge in [-0.3, -0.25) is 9.78 Å². The molecule has 46 heavy (non-hydrogen) atoms. The van der Waals surface area contributed by atoms with E-state index in [-0.39, 0.29) is 18.8 Å². The van der Waals surface area contributed by atoms with Gasteiger partial charge >= 0.3 is 12.2 Å². The van der Waals surface area contributed by atoms with E-state index in [1.54, 1.807) is 6.20 Å². The van der Waals surface area contributed by atoms with Gasteiger partial charge in [-0.1, -0.05) is 102 Å². The number of aliphatic hydroxyl groups excluding tert-OH is 1. The minimum Gasteiger partial charge on any atom is -0.465 e. The van der Waals surface area contributed by atoms with Gasteiger partial charge in [0, 0.05) is 23.7 Å². The van der Waals surface area contributed by atoms with E-state index in [1.807, 2.05) is 93.6 Å². The van der Waals surface area contributed by atoms with E-state index in [0.29, 0.717) is 0 Å². The van der Waals surface area contributed by atoms with Crippen LogP contribution >= 0.6 is 0 Å². The molecule has 10 heteroatoms. The number of hydrogen-bond donors (Lipinski definition) is 5. The number of aromatic nitrogens is 1. The van der Waals surface area contributed by atoms with E-state index < -0.39 is 53.2 Å². The molecule has 1 heterocycles. The summed E-state index contributed by atoms with van der Waals surface area (Å²) in [4.78, 5) is 42.5. The first kappa shape index (κ1) is 36.0. The minimum atomic E-state index is -1.26. The predicted molar refractivity (Wildman–Crippen MR) is 178 cm³/mol. The Balaban J connectivity index is 2.05. The molecular formula is C36H48N4O6. The van der Waals surface area contributed by atoms with Crippen LogP contribution in [0.1, 0.15) is 65.0 Å². The zero-order valence-corrected chi connectivity index (χ0v) is 27.8. The van der Waals surface area contributed by atoms with Crippen LogP contribution in [0.15, 0.2) is 79.0 Å². The molecule has 5 atom stereocenters. The number of hydrogen-bond acceptors (Lipinski definition) is 6. The molecule has 2 aromatic carbocycles. The number of aliphatic hydroxyl groups is 1. The van der Waals surface area contributed by atoms with Crippen molar-refractivity contribution >= 4 is 18.1 Å². The molecule has 0 aliphatic heterocycles. The molecular weight excluding hydrogens is 584 g/mol. The van der Waals surface area contributed by atoms with Crippen LogP contribution in [-0.4, -0.2) is 64.6 Å². The van der Waals surface area contributed by atoms with Gasteiger partial charge in [-0.25, -0.2) is 9.59 Å². The Morgan fingerprint density at radius 3 is 1.96 bits per heavy atom. The maximum absolute atomic E-state index is 14.0. The Labute approximate surface area is 272 Å². The molecule has 248 valence electrons. The SMILES string of the molecule is COC(=O)N[C@H](C(=O)N[C@@H](C[C@@H](O)[C@H](Cc1ccccc1)NC(=O)O)C(c1ccc(-c2ccccn2)cc1)C(C)(C)C)C(C)(C)C. The molecule has 10 nitrogen and oxygen atoms in total. The highest BCUT2D eigenvalue weighted by Crippen LogP contribution is 2.40. The fraction of sp³-hybridized carbons (Fsp3) is 0.444. The van der Waals surface area contributed by atoms with Crippen molar-refractivity contribution in [2.24, 2.45) is 10.8 Å². The summed E-state index contributed by atoms with van der Waals surface area (Å²) in [5.74, 6) is -0.773. The number of rotatable bonds is 12. The summed E-state index contributed by atoms with van der Waals surface area (Å²) in [6.07, 6.45) is -1.14. The number of alkyl carbamates (subject to hydrolysis) is 1. The second-order valence-corrected chi connectivity index (χ2v) is 13.8. The van der Waals surface area contributed by atoms with Crippen LogP contribution in [0.25, 0.3) is 11.3 Å². The summed E-state index contributed by atoms with van der Waals surface area (Å²) in [5.41, 5.74) is 2.43. The van der Waals surface area contributed by atoms with Gasteiger partial charge in [-0.15, -0.1) is 0 Å². The normalized spacial score (nSPS) is 15.0. The number of amides is 3. The minimum absolute atomic E-state index is 0.0303. The molecule has 1 unspecified atom stereocenters. The summed E-state index contributed by atoms with van der Waals surface area (Å²) in [7, 11) is 1.23. The number of carbonyl (C=O) groups is 3. The van der Waals surface area contributed by atoms with Crippen molar-refractivity contribution in [1.29, 1.82) is 0 Å². The van der Waals surface area contributed by atoms with Crippen LogP contribution in [0.3, 0.4) is 0 Å². The van der Waals surface area contributed by atoms with Gasteiger partial charge in [-0.05, 0) is 46.9 Å². The first-order valence-corrected chi connectivity index (χ1v) is 15.5. The van der Waals surface area contributed by atoms with Crippen molar-refractivity contribution in [2.45, 2.75) is 84.5 Å². The van der Waals surface area contributed by atoms with Gasteiger partial charge in [0.15, 0.2) is 0 Å². The average molecular weight is 633 g/mol. The van der Waals surface area contributed by atoms with Crippen molar-refractivity contribution in [2.75, 3.05) is 7.11 Å². The van der Waals surface area contributed by atoms with Gasteiger partial charge < -0.3 is 30.9 Å². The number of carbonyl (C=O) groups excluding carboxylic acids is 2. The monoisotopic (exact) mass is 632 g/mol. The van der Waals surface area contributed by atoms with Gasteiger partial charge in [0.25, 0.3) is 0 Å². The molecule has 0 saturated heterocycles. The Morgan fingerprint density at radius 1 is 0.804 bits per heavy atom. The third-order valence-corrected chi connectivity index (χ3v) is 8.04. The molecule has 0 bridgehead atoms. The van der Waals surface area contributed by atoms with E-state index in [1.165, 1.54) is 7.11 Å². The molecule has 3 rings (SSSR count). The number of nitrogens with zero attached hydrogens (tertiary/aromatic N) is 1. The number of methoxy groups -OCH3 is 1. The van der Waals surface area contributed by atoms with E-state index in [0.717, 1.165) is 22.4 Å². The first-order chi connectivity index (χ1) is 21.6. The Bertz CT molecular complexity index is 1420. The topological polar surface area (TPSA) is 150 Å². The van der Waals surface area contributed by atoms with Gasteiger partial charge in [-0.2, -0.15) is 0 Å². The molecule has 0 fully saturated rings. The van der Waals surface area contributed by atoms with E-state index in [2.05, 4.69) is 41.7 Å². The molecule has 0 aliphatic carbocycles.